The lowest BCUT2D eigenvalue weighted by Crippen LogP contribution is -2.20. The Bertz CT molecular complexity index is 459. The van der Waals surface area contributed by atoms with Gasteiger partial charge in [0.25, 0.3) is 0 Å². The van der Waals surface area contributed by atoms with Crippen LogP contribution < -0.4 is 4.74 Å². The first-order valence-corrected chi connectivity index (χ1v) is 5.14. The number of aliphatic hydroxyl groups excluding tert-OH is 1. The first-order valence-electron chi connectivity index (χ1n) is 4.61. The summed E-state index contributed by atoms with van der Waals surface area (Å²) < 4.78 is 77.3. The number of hydrogen-bond acceptors (Lipinski definition) is 3. The van der Waals surface area contributed by atoms with Gasteiger partial charge in [0.2, 0.25) is 0 Å². The molecule has 0 saturated heterocycles. The molecule has 0 aliphatic carbocycles. The van der Waals surface area contributed by atoms with E-state index in [1.807, 2.05) is 0 Å². The van der Waals surface area contributed by atoms with Crippen molar-refractivity contribution in [1.82, 2.24) is 4.98 Å². The number of pyridine rings is 1. The summed E-state index contributed by atoms with van der Waals surface area (Å²) in [4.78, 5) is 2.98. The number of halogens is 7. The van der Waals surface area contributed by atoms with Crippen LogP contribution in [0.4, 0.5) is 26.3 Å². The molecule has 0 fully saturated rings. The minimum absolute atomic E-state index is 0.418. The molecule has 1 N–H and O–H groups in total. The van der Waals surface area contributed by atoms with Crippen LogP contribution in [0, 0.1) is 0 Å². The maximum Gasteiger partial charge on any atom is 0.573 e. The Balaban J connectivity index is 3.36. The topological polar surface area (TPSA) is 42.4 Å². The molecule has 0 unspecified atom stereocenters. The molecule has 108 valence electrons. The van der Waals surface area contributed by atoms with Gasteiger partial charge in [-0.25, -0.2) is 4.98 Å². The van der Waals surface area contributed by atoms with Crippen molar-refractivity contribution in [2.24, 2.45) is 0 Å². The largest absolute Gasteiger partial charge is 0.573 e. The third-order valence-electron chi connectivity index (χ3n) is 1.93. The highest BCUT2D eigenvalue weighted by atomic mass is 35.5. The fourth-order valence-electron chi connectivity index (χ4n) is 1.25. The van der Waals surface area contributed by atoms with Crippen molar-refractivity contribution in [3.05, 3.63) is 23.0 Å². The van der Waals surface area contributed by atoms with Crippen LogP contribution in [0.2, 0.25) is 0 Å². The predicted molar refractivity (Wildman–Crippen MR) is 51.4 cm³/mol. The van der Waals surface area contributed by atoms with Crippen molar-refractivity contribution >= 4 is 11.6 Å². The zero-order chi connectivity index (χ0) is 14.8. The zero-order valence-electron chi connectivity index (χ0n) is 8.94. The van der Waals surface area contributed by atoms with Gasteiger partial charge in [0.15, 0.2) is 11.4 Å². The highest BCUT2D eigenvalue weighted by Gasteiger charge is 2.38. The van der Waals surface area contributed by atoms with Gasteiger partial charge in [0, 0.05) is 5.56 Å². The van der Waals surface area contributed by atoms with Gasteiger partial charge in [-0.3, -0.25) is 0 Å². The summed E-state index contributed by atoms with van der Waals surface area (Å²) in [5.74, 6) is -1.68. The molecule has 10 heteroatoms. The second-order valence-electron chi connectivity index (χ2n) is 3.28. The van der Waals surface area contributed by atoms with Crippen LogP contribution in [-0.4, -0.2) is 16.5 Å². The molecule has 0 saturated carbocycles. The number of alkyl halides is 7. The van der Waals surface area contributed by atoms with Crippen molar-refractivity contribution in [3.8, 4) is 5.75 Å². The van der Waals surface area contributed by atoms with E-state index in [1.54, 1.807) is 0 Å². The van der Waals surface area contributed by atoms with Gasteiger partial charge in [0.05, 0.1) is 18.2 Å². The Hall–Kier alpha value is -1.22. The van der Waals surface area contributed by atoms with Crippen molar-refractivity contribution in [2.75, 3.05) is 0 Å². The lowest BCUT2D eigenvalue weighted by atomic mass is 10.1. The summed E-state index contributed by atoms with van der Waals surface area (Å²) in [5, 5.41) is 8.76. The van der Waals surface area contributed by atoms with E-state index in [9.17, 15) is 26.3 Å². The quantitative estimate of drug-likeness (QED) is 0.688. The summed E-state index contributed by atoms with van der Waals surface area (Å²) >= 11 is 5.24. The highest BCUT2D eigenvalue weighted by Crippen LogP contribution is 2.35. The molecule has 1 aromatic heterocycles. The Morgan fingerprint density at radius 3 is 2.16 bits per heavy atom. The molecule has 0 amide bonds. The van der Waals surface area contributed by atoms with Crippen molar-refractivity contribution in [2.45, 2.75) is 25.0 Å². The molecule has 1 aromatic rings. The normalized spacial score (nSPS) is 12.6. The molecule has 1 heterocycles. The van der Waals surface area contributed by atoms with Crippen LogP contribution in [-0.2, 0) is 18.7 Å². The van der Waals surface area contributed by atoms with Gasteiger partial charge < -0.3 is 9.84 Å². The van der Waals surface area contributed by atoms with E-state index in [2.05, 4.69) is 9.72 Å². The molecule has 0 aliphatic rings. The van der Waals surface area contributed by atoms with Crippen molar-refractivity contribution in [1.29, 1.82) is 0 Å². The van der Waals surface area contributed by atoms with E-state index < -0.39 is 47.7 Å². The van der Waals surface area contributed by atoms with Gasteiger partial charge in [0.1, 0.15) is 0 Å². The number of aromatic nitrogens is 1. The summed E-state index contributed by atoms with van der Waals surface area (Å²) in [6.45, 7) is -1.14. The van der Waals surface area contributed by atoms with Crippen LogP contribution in [0.25, 0.3) is 0 Å². The van der Waals surface area contributed by atoms with E-state index in [1.165, 1.54) is 0 Å². The second-order valence-corrected chi connectivity index (χ2v) is 3.55. The van der Waals surface area contributed by atoms with Gasteiger partial charge in [-0.1, -0.05) is 0 Å². The van der Waals surface area contributed by atoms with E-state index >= 15 is 0 Å². The van der Waals surface area contributed by atoms with Crippen LogP contribution in [0.5, 0.6) is 5.75 Å². The molecule has 0 radical (unpaired) electrons. The predicted octanol–water partition coefficient (Wildman–Crippen LogP) is 3.23. The highest BCUT2D eigenvalue weighted by molar-refractivity contribution is 6.17. The summed E-state index contributed by atoms with van der Waals surface area (Å²) in [6.07, 6.45) is -10.0. The number of nitrogens with zero attached hydrogens (tertiary/aromatic N) is 1. The fourth-order valence-corrected chi connectivity index (χ4v) is 1.44. The molecule has 0 spiro atoms. The Morgan fingerprint density at radius 2 is 1.79 bits per heavy atom. The molecule has 19 heavy (non-hydrogen) atoms. The number of aliphatic hydroxyl groups is 1. The first-order chi connectivity index (χ1) is 8.58. The minimum Gasteiger partial charge on any atom is -0.404 e. The Kier molecular flexibility index (Phi) is 4.51. The molecular weight excluding hydrogens is 304 g/mol. The lowest BCUT2D eigenvalue weighted by Gasteiger charge is -2.16. The minimum atomic E-state index is -5.10. The number of rotatable bonds is 3. The third kappa shape index (κ3) is 4.13. The number of hydrogen-bond donors (Lipinski definition) is 1. The second kappa shape index (κ2) is 5.41. The summed E-state index contributed by atoms with van der Waals surface area (Å²) in [6, 6.07) is 0.418. The van der Waals surface area contributed by atoms with Gasteiger partial charge in [-0.05, 0) is 6.07 Å². The zero-order valence-corrected chi connectivity index (χ0v) is 9.70. The SMILES string of the molecule is OCc1cc(OC(F)(F)F)c(CCl)nc1C(F)(F)F. The van der Waals surface area contributed by atoms with Gasteiger partial charge in [-0.15, -0.1) is 24.8 Å². The monoisotopic (exact) mass is 309 g/mol. The van der Waals surface area contributed by atoms with E-state index in [0.717, 1.165) is 0 Å². The summed E-state index contributed by atoms with van der Waals surface area (Å²) in [7, 11) is 0. The van der Waals surface area contributed by atoms with E-state index in [4.69, 9.17) is 16.7 Å². The Labute approximate surface area is 107 Å². The van der Waals surface area contributed by atoms with Gasteiger partial charge >= 0.3 is 12.5 Å². The standard InChI is InChI=1S/C9H6ClF6NO2/c10-2-5-6(19-9(14,15)16)1-4(3-18)7(17-5)8(11,12)13/h1,18H,2-3H2. The Morgan fingerprint density at radius 1 is 1.21 bits per heavy atom. The molecule has 0 aromatic carbocycles. The molecule has 1 rings (SSSR count). The average molecular weight is 310 g/mol. The van der Waals surface area contributed by atoms with Crippen LogP contribution >= 0.6 is 11.6 Å². The van der Waals surface area contributed by atoms with Gasteiger partial charge in [-0.2, -0.15) is 13.2 Å². The van der Waals surface area contributed by atoms with Crippen LogP contribution in [0.15, 0.2) is 6.07 Å². The van der Waals surface area contributed by atoms with E-state index in [-0.39, 0.29) is 0 Å². The summed E-state index contributed by atoms with van der Waals surface area (Å²) in [5.41, 5.74) is -3.05. The maximum atomic E-state index is 12.5. The van der Waals surface area contributed by atoms with Crippen LogP contribution in [0.3, 0.4) is 0 Å². The fraction of sp³-hybridized carbons (Fsp3) is 0.444. The van der Waals surface area contributed by atoms with Crippen LogP contribution in [0.1, 0.15) is 17.0 Å². The molecule has 0 bridgehead atoms. The number of ether oxygens (including phenoxy) is 1. The maximum absolute atomic E-state index is 12.5. The first kappa shape index (κ1) is 15.8. The van der Waals surface area contributed by atoms with Crippen molar-refractivity contribution < 1.29 is 36.2 Å². The third-order valence-corrected chi connectivity index (χ3v) is 2.18. The molecule has 0 aliphatic heterocycles. The van der Waals surface area contributed by atoms with E-state index in [0.29, 0.717) is 6.07 Å². The molecule has 0 atom stereocenters. The molecule has 3 nitrogen and oxygen atoms in total. The molecular formula is C9H6ClF6NO2. The van der Waals surface area contributed by atoms with Crippen molar-refractivity contribution in [3.63, 3.8) is 0 Å². The lowest BCUT2D eigenvalue weighted by molar-refractivity contribution is -0.275. The average Bonchev–Trinajstić information content (AvgIpc) is 2.24. The smallest absolute Gasteiger partial charge is 0.404 e.